The lowest BCUT2D eigenvalue weighted by molar-refractivity contribution is 0.0949. The second-order valence-corrected chi connectivity index (χ2v) is 4.90. The van der Waals surface area contributed by atoms with Gasteiger partial charge in [0, 0.05) is 24.5 Å². The Balaban J connectivity index is 1.64. The lowest BCUT2D eigenvalue weighted by atomic mass is 10.1. The van der Waals surface area contributed by atoms with E-state index >= 15 is 0 Å². The first kappa shape index (κ1) is 13.4. The van der Waals surface area contributed by atoms with E-state index in [4.69, 9.17) is 4.52 Å². The lowest BCUT2D eigenvalue weighted by Gasteiger charge is -2.02. The molecule has 0 aliphatic heterocycles. The Labute approximate surface area is 121 Å². The van der Waals surface area contributed by atoms with E-state index in [0.717, 1.165) is 22.7 Å². The molecule has 0 saturated heterocycles. The second kappa shape index (κ2) is 5.40. The van der Waals surface area contributed by atoms with Crippen LogP contribution in [-0.2, 0) is 6.42 Å². The van der Waals surface area contributed by atoms with Crippen molar-refractivity contribution >= 4 is 11.6 Å². The Bertz CT molecular complexity index is 735. The van der Waals surface area contributed by atoms with Crippen LogP contribution in [0.15, 0.2) is 35.1 Å². The maximum absolute atomic E-state index is 12.1. The molecule has 1 amide bonds. The smallest absolute Gasteiger partial charge is 0.271 e. The van der Waals surface area contributed by atoms with Gasteiger partial charge in [0.25, 0.3) is 5.91 Å². The highest BCUT2D eigenvalue weighted by Crippen LogP contribution is 2.12. The highest BCUT2D eigenvalue weighted by molar-refractivity contribution is 5.92. The van der Waals surface area contributed by atoms with Gasteiger partial charge in [-0.2, -0.15) is 0 Å². The summed E-state index contributed by atoms with van der Waals surface area (Å²) in [5.41, 5.74) is 3.09. The van der Waals surface area contributed by atoms with Crippen molar-refractivity contribution in [1.82, 2.24) is 19.9 Å². The topological polar surface area (TPSA) is 72.4 Å². The van der Waals surface area contributed by atoms with E-state index in [2.05, 4.69) is 15.5 Å². The minimum absolute atomic E-state index is 0.175. The van der Waals surface area contributed by atoms with E-state index in [0.29, 0.717) is 18.7 Å². The van der Waals surface area contributed by atoms with Crippen molar-refractivity contribution in [3.8, 4) is 0 Å². The monoisotopic (exact) mass is 284 g/mol. The molecule has 0 aliphatic rings. The minimum Gasteiger partial charge on any atom is -0.361 e. The molecule has 0 atom stereocenters. The molecule has 3 aromatic rings. The largest absolute Gasteiger partial charge is 0.361 e. The molecular formula is C15H16N4O2. The van der Waals surface area contributed by atoms with Crippen LogP contribution >= 0.6 is 0 Å². The van der Waals surface area contributed by atoms with E-state index in [1.54, 1.807) is 6.20 Å². The number of hydrogen-bond acceptors (Lipinski definition) is 4. The molecule has 0 radical (unpaired) electrons. The molecule has 1 N–H and O–H groups in total. The van der Waals surface area contributed by atoms with Crippen LogP contribution < -0.4 is 5.32 Å². The third kappa shape index (κ3) is 2.65. The van der Waals surface area contributed by atoms with Crippen molar-refractivity contribution in [2.45, 2.75) is 20.3 Å². The number of fused-ring (bicyclic) bond motifs is 1. The fourth-order valence-corrected chi connectivity index (χ4v) is 2.29. The lowest BCUT2D eigenvalue weighted by Crippen LogP contribution is -2.26. The molecule has 6 nitrogen and oxygen atoms in total. The van der Waals surface area contributed by atoms with Crippen molar-refractivity contribution in [3.63, 3.8) is 0 Å². The average molecular weight is 284 g/mol. The Kier molecular flexibility index (Phi) is 3.43. The number of carbonyl (C=O) groups is 1. The molecular weight excluding hydrogens is 268 g/mol. The fourth-order valence-electron chi connectivity index (χ4n) is 2.29. The summed E-state index contributed by atoms with van der Waals surface area (Å²) in [4.78, 5) is 16.4. The van der Waals surface area contributed by atoms with Crippen LogP contribution in [-0.4, -0.2) is 27.0 Å². The standard InChI is InChI=1S/C15H16N4O2/c1-10-12(11(2)21-18-10)6-7-16-15(20)13-9-19-8-4-3-5-14(19)17-13/h3-5,8-9H,6-7H2,1-2H3,(H,16,20). The van der Waals surface area contributed by atoms with Crippen molar-refractivity contribution in [3.05, 3.63) is 53.3 Å². The molecule has 0 bridgehead atoms. The summed E-state index contributed by atoms with van der Waals surface area (Å²) < 4.78 is 6.92. The van der Waals surface area contributed by atoms with Gasteiger partial charge >= 0.3 is 0 Å². The van der Waals surface area contributed by atoms with Gasteiger partial charge in [0.05, 0.1) is 5.69 Å². The van der Waals surface area contributed by atoms with Crippen LogP contribution in [0, 0.1) is 13.8 Å². The number of pyridine rings is 1. The first-order valence-corrected chi connectivity index (χ1v) is 6.79. The highest BCUT2D eigenvalue weighted by atomic mass is 16.5. The molecule has 0 spiro atoms. The first-order valence-electron chi connectivity index (χ1n) is 6.79. The molecule has 0 saturated carbocycles. The number of rotatable bonds is 4. The molecule has 21 heavy (non-hydrogen) atoms. The molecule has 3 rings (SSSR count). The zero-order valence-corrected chi connectivity index (χ0v) is 12.0. The van der Waals surface area contributed by atoms with Gasteiger partial charge < -0.3 is 14.2 Å². The van der Waals surface area contributed by atoms with Crippen LogP contribution in [0.5, 0.6) is 0 Å². The zero-order valence-electron chi connectivity index (χ0n) is 12.0. The first-order chi connectivity index (χ1) is 10.1. The van der Waals surface area contributed by atoms with Crippen molar-refractivity contribution < 1.29 is 9.32 Å². The second-order valence-electron chi connectivity index (χ2n) is 4.90. The van der Waals surface area contributed by atoms with Crippen LogP contribution in [0.2, 0.25) is 0 Å². The number of aryl methyl sites for hydroxylation is 2. The van der Waals surface area contributed by atoms with Crippen LogP contribution in [0.4, 0.5) is 0 Å². The minimum atomic E-state index is -0.175. The van der Waals surface area contributed by atoms with Gasteiger partial charge in [0.15, 0.2) is 0 Å². The molecule has 6 heteroatoms. The van der Waals surface area contributed by atoms with Gasteiger partial charge in [-0.3, -0.25) is 4.79 Å². The van der Waals surface area contributed by atoms with Gasteiger partial charge in [0.2, 0.25) is 0 Å². The van der Waals surface area contributed by atoms with Crippen molar-refractivity contribution in [1.29, 1.82) is 0 Å². The van der Waals surface area contributed by atoms with Crippen LogP contribution in [0.3, 0.4) is 0 Å². The highest BCUT2D eigenvalue weighted by Gasteiger charge is 2.12. The van der Waals surface area contributed by atoms with Gasteiger partial charge in [-0.25, -0.2) is 4.98 Å². The van der Waals surface area contributed by atoms with Gasteiger partial charge in [0.1, 0.15) is 17.1 Å². The van der Waals surface area contributed by atoms with Crippen molar-refractivity contribution in [2.75, 3.05) is 6.54 Å². The number of nitrogens with zero attached hydrogens (tertiary/aromatic N) is 3. The van der Waals surface area contributed by atoms with E-state index < -0.39 is 0 Å². The quantitative estimate of drug-likeness (QED) is 0.794. The number of amides is 1. The predicted octanol–water partition coefficient (Wildman–Crippen LogP) is 1.91. The Morgan fingerprint density at radius 1 is 1.38 bits per heavy atom. The van der Waals surface area contributed by atoms with E-state index in [9.17, 15) is 4.79 Å². The molecule has 0 unspecified atom stereocenters. The number of nitrogens with one attached hydrogen (secondary N) is 1. The number of carbonyl (C=O) groups excluding carboxylic acids is 1. The van der Waals surface area contributed by atoms with Crippen molar-refractivity contribution in [2.24, 2.45) is 0 Å². The summed E-state index contributed by atoms with van der Waals surface area (Å²) in [6.45, 7) is 4.30. The predicted molar refractivity (Wildman–Crippen MR) is 77.2 cm³/mol. The molecule has 3 heterocycles. The van der Waals surface area contributed by atoms with Gasteiger partial charge in [-0.05, 0) is 32.4 Å². The molecule has 0 aromatic carbocycles. The summed E-state index contributed by atoms with van der Waals surface area (Å²) >= 11 is 0. The number of hydrogen-bond donors (Lipinski definition) is 1. The summed E-state index contributed by atoms with van der Waals surface area (Å²) in [5.74, 6) is 0.625. The third-order valence-corrected chi connectivity index (χ3v) is 3.44. The van der Waals surface area contributed by atoms with E-state index in [-0.39, 0.29) is 5.91 Å². The molecule has 3 aromatic heterocycles. The fraction of sp³-hybridized carbons (Fsp3) is 0.267. The van der Waals surface area contributed by atoms with Gasteiger partial charge in [-0.1, -0.05) is 11.2 Å². The summed E-state index contributed by atoms with van der Waals surface area (Å²) in [5, 5.41) is 6.77. The molecule has 0 fully saturated rings. The zero-order chi connectivity index (χ0) is 14.8. The summed E-state index contributed by atoms with van der Waals surface area (Å²) in [6.07, 6.45) is 4.28. The van der Waals surface area contributed by atoms with Crippen LogP contribution in [0.1, 0.15) is 27.5 Å². The maximum atomic E-state index is 12.1. The summed E-state index contributed by atoms with van der Waals surface area (Å²) in [6, 6.07) is 5.65. The van der Waals surface area contributed by atoms with E-state index in [1.165, 1.54) is 0 Å². The Morgan fingerprint density at radius 2 is 2.24 bits per heavy atom. The Morgan fingerprint density at radius 3 is 2.95 bits per heavy atom. The van der Waals surface area contributed by atoms with E-state index in [1.807, 2.05) is 42.6 Å². The Hall–Kier alpha value is -2.63. The van der Waals surface area contributed by atoms with Gasteiger partial charge in [-0.15, -0.1) is 0 Å². The number of aromatic nitrogens is 3. The molecule has 0 aliphatic carbocycles. The molecule has 108 valence electrons. The SMILES string of the molecule is Cc1noc(C)c1CCNC(=O)c1cn2ccccc2n1. The maximum Gasteiger partial charge on any atom is 0.271 e. The van der Waals surface area contributed by atoms with Crippen LogP contribution in [0.25, 0.3) is 5.65 Å². The normalized spacial score (nSPS) is 11.0. The number of imidazole rings is 1. The summed E-state index contributed by atoms with van der Waals surface area (Å²) in [7, 11) is 0. The third-order valence-electron chi connectivity index (χ3n) is 3.44. The average Bonchev–Trinajstić information content (AvgIpc) is 3.04.